The van der Waals surface area contributed by atoms with Crippen LogP contribution in [0, 0.1) is 5.92 Å². The molecule has 2 saturated heterocycles. The molecule has 0 saturated carbocycles. The normalized spacial score (nSPS) is 20.0. The minimum atomic E-state index is 0. The Labute approximate surface area is 210 Å². The number of rotatable bonds is 8. The van der Waals surface area contributed by atoms with Crippen molar-refractivity contribution < 1.29 is 4.79 Å². The van der Waals surface area contributed by atoms with Crippen LogP contribution in [0.15, 0.2) is 29.5 Å². The molecule has 0 spiro atoms. The predicted octanol–water partition coefficient (Wildman–Crippen LogP) is 2.02. The van der Waals surface area contributed by atoms with E-state index in [1.54, 1.807) is 19.0 Å². The first-order valence-corrected chi connectivity index (χ1v) is 11.7. The summed E-state index contributed by atoms with van der Waals surface area (Å²) in [4.78, 5) is 27.3. The van der Waals surface area contributed by atoms with Crippen LogP contribution in [-0.2, 0) is 4.79 Å². The monoisotopic (exact) mass is 557 g/mol. The van der Waals surface area contributed by atoms with Crippen LogP contribution in [-0.4, -0.2) is 92.6 Å². The van der Waals surface area contributed by atoms with Crippen LogP contribution in [0.25, 0.3) is 0 Å². The van der Waals surface area contributed by atoms with Crippen molar-refractivity contribution in [1.82, 2.24) is 25.4 Å². The van der Waals surface area contributed by atoms with Crippen LogP contribution in [0.5, 0.6) is 0 Å². The van der Waals surface area contributed by atoms with E-state index in [2.05, 4.69) is 49.5 Å². The summed E-state index contributed by atoms with van der Waals surface area (Å²) in [6, 6.07) is 4.71. The summed E-state index contributed by atoms with van der Waals surface area (Å²) in [6.07, 6.45) is 8.48. The minimum absolute atomic E-state index is 0. The molecule has 1 unspecified atom stereocenters. The van der Waals surface area contributed by atoms with Gasteiger partial charge in [-0.1, -0.05) is 6.92 Å². The lowest BCUT2D eigenvalue weighted by atomic mass is 9.96. The highest BCUT2D eigenvalue weighted by molar-refractivity contribution is 14.0. The molecule has 2 aliphatic heterocycles. The third-order valence-corrected chi connectivity index (χ3v) is 6.48. The Balaban J connectivity index is 0.00000363. The van der Waals surface area contributed by atoms with Gasteiger partial charge in [-0.3, -0.25) is 14.7 Å². The highest BCUT2D eigenvalue weighted by Gasteiger charge is 2.23. The van der Waals surface area contributed by atoms with Crippen molar-refractivity contribution >= 4 is 41.5 Å². The van der Waals surface area contributed by atoms with E-state index < -0.39 is 0 Å². The Bertz CT molecular complexity index is 708. The fraction of sp³-hybridized carbons (Fsp3) is 0.696. The number of carbonyl (C=O) groups is 1. The van der Waals surface area contributed by atoms with Crippen molar-refractivity contribution in [3.63, 3.8) is 0 Å². The standard InChI is InChI=1S/C23H39N7O.HI/c1-4-29-13-5-6-21(29)17-26-23(27-18-22(31)28(2)3)25-16-19-9-14-30(15-10-19)20-7-11-24-12-8-20;/h7-8,11-12,19,21H,4-6,9-10,13-18H2,1-3H3,(H2,25,26,27);1H. The molecule has 0 aromatic carbocycles. The first-order chi connectivity index (χ1) is 15.1. The summed E-state index contributed by atoms with van der Waals surface area (Å²) in [5.74, 6) is 1.38. The molecule has 0 aliphatic carbocycles. The zero-order chi connectivity index (χ0) is 22.1. The Hall–Kier alpha value is -1.62. The molecule has 9 heteroatoms. The maximum atomic E-state index is 12.0. The van der Waals surface area contributed by atoms with E-state index >= 15 is 0 Å². The Morgan fingerprint density at radius 3 is 2.47 bits per heavy atom. The molecule has 180 valence electrons. The summed E-state index contributed by atoms with van der Waals surface area (Å²) >= 11 is 0. The SMILES string of the molecule is CCN1CCCC1CNC(=NCC(=O)N(C)C)NCC1CCN(c2ccncc2)CC1.I. The predicted molar refractivity (Wildman–Crippen MR) is 142 cm³/mol. The van der Waals surface area contributed by atoms with Crippen LogP contribution in [0.1, 0.15) is 32.6 Å². The smallest absolute Gasteiger partial charge is 0.243 e. The number of likely N-dealkylation sites (tertiary alicyclic amines) is 1. The largest absolute Gasteiger partial charge is 0.371 e. The molecule has 1 atom stereocenters. The average molecular weight is 558 g/mol. The van der Waals surface area contributed by atoms with Crippen molar-refractivity contribution in [3.8, 4) is 0 Å². The van der Waals surface area contributed by atoms with Gasteiger partial charge in [-0.2, -0.15) is 0 Å². The second-order valence-corrected chi connectivity index (χ2v) is 8.78. The Morgan fingerprint density at radius 1 is 1.12 bits per heavy atom. The second kappa shape index (κ2) is 13.8. The highest BCUT2D eigenvalue weighted by Crippen LogP contribution is 2.22. The summed E-state index contributed by atoms with van der Waals surface area (Å²) in [5, 5.41) is 7.02. The summed E-state index contributed by atoms with van der Waals surface area (Å²) < 4.78 is 0. The number of pyridine rings is 1. The van der Waals surface area contributed by atoms with E-state index in [-0.39, 0.29) is 36.4 Å². The molecule has 2 N–H and O–H groups in total. The molecular formula is C23H40IN7O. The third-order valence-electron chi connectivity index (χ3n) is 6.48. The van der Waals surface area contributed by atoms with Crippen molar-refractivity contribution in [3.05, 3.63) is 24.5 Å². The van der Waals surface area contributed by atoms with Gasteiger partial charge in [-0.25, -0.2) is 4.99 Å². The molecule has 1 aromatic heterocycles. The molecule has 2 fully saturated rings. The van der Waals surface area contributed by atoms with Crippen LogP contribution in [0.2, 0.25) is 0 Å². The van der Waals surface area contributed by atoms with Crippen LogP contribution in [0.4, 0.5) is 5.69 Å². The topological polar surface area (TPSA) is 76.1 Å². The molecule has 8 nitrogen and oxygen atoms in total. The van der Waals surface area contributed by atoms with Gasteiger partial charge < -0.3 is 20.4 Å². The number of halogens is 1. The van der Waals surface area contributed by atoms with Gasteiger partial charge in [0.15, 0.2) is 5.96 Å². The Morgan fingerprint density at radius 2 is 1.81 bits per heavy atom. The zero-order valence-electron chi connectivity index (χ0n) is 19.8. The zero-order valence-corrected chi connectivity index (χ0v) is 22.1. The molecule has 0 bridgehead atoms. The molecule has 2 aliphatic rings. The van der Waals surface area contributed by atoms with E-state index in [0.29, 0.717) is 12.0 Å². The number of hydrogen-bond donors (Lipinski definition) is 2. The first-order valence-electron chi connectivity index (χ1n) is 11.7. The fourth-order valence-electron chi connectivity index (χ4n) is 4.41. The van der Waals surface area contributed by atoms with Crippen molar-refractivity contribution in [2.45, 2.75) is 38.6 Å². The fourth-order valence-corrected chi connectivity index (χ4v) is 4.41. The van der Waals surface area contributed by atoms with Gasteiger partial charge in [0.1, 0.15) is 6.54 Å². The lowest BCUT2D eigenvalue weighted by Gasteiger charge is -2.34. The van der Waals surface area contributed by atoms with Gasteiger partial charge in [-0.15, -0.1) is 24.0 Å². The maximum absolute atomic E-state index is 12.0. The molecule has 3 rings (SSSR count). The van der Waals surface area contributed by atoms with E-state index in [0.717, 1.165) is 51.5 Å². The summed E-state index contributed by atoms with van der Waals surface area (Å²) in [7, 11) is 3.54. The van der Waals surface area contributed by atoms with E-state index in [1.165, 1.54) is 25.1 Å². The van der Waals surface area contributed by atoms with E-state index in [1.807, 2.05) is 12.4 Å². The number of guanidine groups is 1. The minimum Gasteiger partial charge on any atom is -0.371 e. The molecule has 1 amide bonds. The van der Waals surface area contributed by atoms with Crippen LogP contribution < -0.4 is 15.5 Å². The number of aliphatic imine (C=N–C) groups is 1. The highest BCUT2D eigenvalue weighted by atomic mass is 127. The van der Waals surface area contributed by atoms with Gasteiger partial charge in [-0.05, 0) is 56.8 Å². The van der Waals surface area contributed by atoms with Crippen molar-refractivity contribution in [2.75, 3.05) is 64.8 Å². The van der Waals surface area contributed by atoms with Gasteiger partial charge >= 0.3 is 0 Å². The average Bonchev–Trinajstić information content (AvgIpc) is 3.27. The number of aromatic nitrogens is 1. The van der Waals surface area contributed by atoms with E-state index in [9.17, 15) is 4.79 Å². The number of hydrogen-bond acceptors (Lipinski definition) is 5. The van der Waals surface area contributed by atoms with Crippen molar-refractivity contribution in [1.29, 1.82) is 0 Å². The molecule has 3 heterocycles. The van der Waals surface area contributed by atoms with Crippen LogP contribution in [0.3, 0.4) is 0 Å². The van der Waals surface area contributed by atoms with Gasteiger partial charge in [0, 0.05) is 64.4 Å². The summed E-state index contributed by atoms with van der Waals surface area (Å²) in [6.45, 7) is 8.53. The Kier molecular flexibility index (Phi) is 11.5. The maximum Gasteiger partial charge on any atom is 0.243 e. The van der Waals surface area contributed by atoms with Gasteiger partial charge in [0.05, 0.1) is 0 Å². The van der Waals surface area contributed by atoms with Crippen molar-refractivity contribution in [2.24, 2.45) is 10.9 Å². The molecule has 1 aromatic rings. The number of likely N-dealkylation sites (N-methyl/N-ethyl adjacent to an activating group) is 2. The van der Waals surface area contributed by atoms with Gasteiger partial charge in [0.25, 0.3) is 0 Å². The van der Waals surface area contributed by atoms with Gasteiger partial charge in [0.2, 0.25) is 5.91 Å². The number of piperidine rings is 1. The molecule has 32 heavy (non-hydrogen) atoms. The van der Waals surface area contributed by atoms with Crippen LogP contribution >= 0.6 is 24.0 Å². The number of nitrogens with zero attached hydrogens (tertiary/aromatic N) is 5. The molecular weight excluding hydrogens is 517 g/mol. The lowest BCUT2D eigenvalue weighted by Crippen LogP contribution is -2.47. The summed E-state index contributed by atoms with van der Waals surface area (Å²) in [5.41, 5.74) is 1.25. The first kappa shape index (κ1) is 26.6. The second-order valence-electron chi connectivity index (χ2n) is 8.78. The quantitative estimate of drug-likeness (QED) is 0.290. The molecule has 0 radical (unpaired) electrons. The number of nitrogens with one attached hydrogen (secondary N) is 2. The number of anilines is 1. The lowest BCUT2D eigenvalue weighted by molar-refractivity contribution is -0.127. The van der Waals surface area contributed by atoms with E-state index in [4.69, 9.17) is 0 Å². The number of carbonyl (C=O) groups excluding carboxylic acids is 1. The third kappa shape index (κ3) is 8.06. The number of amides is 1.